The highest BCUT2D eigenvalue weighted by molar-refractivity contribution is 5.93. The lowest BCUT2D eigenvalue weighted by atomic mass is 9.98. The number of amides is 1. The number of carbonyl (C=O) groups is 1. The molecule has 98 valence electrons. The van der Waals surface area contributed by atoms with Crippen LogP contribution >= 0.6 is 0 Å². The summed E-state index contributed by atoms with van der Waals surface area (Å²) in [5.41, 5.74) is 3.74. The van der Waals surface area contributed by atoms with Crippen LogP contribution in [0.1, 0.15) is 12.0 Å². The van der Waals surface area contributed by atoms with Crippen molar-refractivity contribution >= 4 is 11.6 Å². The molecular weight excluding hydrogens is 254 g/mol. The normalized spacial score (nSPS) is 11.6. The molecule has 2 heterocycles. The first kappa shape index (κ1) is 12.2. The average molecular weight is 265 g/mol. The summed E-state index contributed by atoms with van der Waals surface area (Å²) < 4.78 is 5.68. The molecule has 5 nitrogen and oxygen atoms in total. The van der Waals surface area contributed by atoms with E-state index in [1.54, 1.807) is 24.5 Å². The van der Waals surface area contributed by atoms with Gasteiger partial charge >= 0.3 is 0 Å². The number of nitriles is 1. The van der Waals surface area contributed by atoms with Gasteiger partial charge in [0.2, 0.25) is 5.91 Å². The zero-order valence-electron chi connectivity index (χ0n) is 10.6. The predicted octanol–water partition coefficient (Wildman–Crippen LogP) is 2.49. The first-order valence-electron chi connectivity index (χ1n) is 6.15. The predicted molar refractivity (Wildman–Crippen MR) is 72.9 cm³/mol. The monoisotopic (exact) mass is 265 g/mol. The van der Waals surface area contributed by atoms with Gasteiger partial charge in [-0.2, -0.15) is 5.26 Å². The quantitative estimate of drug-likeness (QED) is 0.905. The van der Waals surface area contributed by atoms with Crippen molar-refractivity contribution in [1.29, 1.82) is 5.26 Å². The summed E-state index contributed by atoms with van der Waals surface area (Å²) in [6.07, 6.45) is 3.38. The zero-order valence-corrected chi connectivity index (χ0v) is 10.6. The second kappa shape index (κ2) is 5.02. The summed E-state index contributed by atoms with van der Waals surface area (Å²) in [7, 11) is 0. The van der Waals surface area contributed by atoms with Gasteiger partial charge in [0.05, 0.1) is 6.07 Å². The van der Waals surface area contributed by atoms with E-state index in [-0.39, 0.29) is 12.3 Å². The lowest BCUT2D eigenvalue weighted by Gasteiger charge is -2.21. The maximum atomic E-state index is 11.4. The van der Waals surface area contributed by atoms with Gasteiger partial charge in [-0.3, -0.25) is 9.78 Å². The Balaban J connectivity index is 1.92. The highest BCUT2D eigenvalue weighted by atomic mass is 16.5. The van der Waals surface area contributed by atoms with E-state index in [2.05, 4.69) is 10.3 Å². The fourth-order valence-corrected chi connectivity index (χ4v) is 2.18. The Morgan fingerprint density at radius 1 is 1.40 bits per heavy atom. The number of nitrogens with one attached hydrogen (secondary N) is 1. The van der Waals surface area contributed by atoms with Crippen LogP contribution in [0.25, 0.3) is 11.1 Å². The molecule has 1 aromatic heterocycles. The fourth-order valence-electron chi connectivity index (χ4n) is 2.18. The van der Waals surface area contributed by atoms with Crippen molar-refractivity contribution in [3.63, 3.8) is 0 Å². The van der Waals surface area contributed by atoms with E-state index in [0.29, 0.717) is 12.3 Å². The molecule has 0 spiro atoms. The minimum absolute atomic E-state index is 0.160. The van der Waals surface area contributed by atoms with Gasteiger partial charge in [-0.1, -0.05) is 0 Å². The molecule has 5 heteroatoms. The summed E-state index contributed by atoms with van der Waals surface area (Å²) in [6.45, 7) is 0.464. The smallest absolute Gasteiger partial charge is 0.238 e. The average Bonchev–Trinajstić information content (AvgIpc) is 2.47. The van der Waals surface area contributed by atoms with Gasteiger partial charge in [-0.25, -0.2) is 0 Å². The zero-order chi connectivity index (χ0) is 13.9. The third-order valence-electron chi connectivity index (χ3n) is 3.08. The van der Waals surface area contributed by atoms with Crippen molar-refractivity contribution in [3.8, 4) is 22.9 Å². The van der Waals surface area contributed by atoms with Crippen LogP contribution < -0.4 is 10.1 Å². The third kappa shape index (κ3) is 2.19. The molecule has 0 saturated heterocycles. The molecule has 0 saturated carbocycles. The third-order valence-corrected chi connectivity index (χ3v) is 3.08. The second-order valence-corrected chi connectivity index (χ2v) is 4.42. The molecule has 20 heavy (non-hydrogen) atoms. The molecule has 0 unspecified atom stereocenters. The Morgan fingerprint density at radius 3 is 3.15 bits per heavy atom. The van der Waals surface area contributed by atoms with Crippen molar-refractivity contribution in [2.75, 3.05) is 5.32 Å². The van der Waals surface area contributed by atoms with Crippen LogP contribution in [0.2, 0.25) is 0 Å². The Morgan fingerprint density at radius 2 is 2.30 bits per heavy atom. The van der Waals surface area contributed by atoms with Gasteiger partial charge in [0, 0.05) is 35.3 Å². The number of hydrogen-bond acceptors (Lipinski definition) is 4. The number of rotatable bonds is 2. The van der Waals surface area contributed by atoms with Gasteiger partial charge in [0.1, 0.15) is 18.8 Å². The van der Waals surface area contributed by atoms with E-state index in [0.717, 1.165) is 22.4 Å². The Labute approximate surface area is 115 Å². The van der Waals surface area contributed by atoms with E-state index in [4.69, 9.17) is 10.00 Å². The summed E-state index contributed by atoms with van der Waals surface area (Å²) in [4.78, 5) is 15.5. The van der Waals surface area contributed by atoms with Gasteiger partial charge < -0.3 is 10.1 Å². The number of hydrogen-bond donors (Lipinski definition) is 1. The molecule has 0 aliphatic carbocycles. The number of nitrogens with zero attached hydrogens (tertiary/aromatic N) is 2. The number of pyridine rings is 1. The Hall–Kier alpha value is -2.87. The van der Waals surface area contributed by atoms with Crippen LogP contribution in [0.5, 0.6) is 5.75 Å². The van der Waals surface area contributed by atoms with E-state index in [1.807, 2.05) is 18.2 Å². The van der Waals surface area contributed by atoms with Crippen LogP contribution in [-0.2, 0) is 11.4 Å². The first-order chi connectivity index (χ1) is 9.78. The molecule has 1 aliphatic heterocycles. The summed E-state index contributed by atoms with van der Waals surface area (Å²) in [6, 6.07) is 9.23. The summed E-state index contributed by atoms with van der Waals surface area (Å²) in [5, 5.41) is 11.1. The lowest BCUT2D eigenvalue weighted by Crippen LogP contribution is -2.11. The van der Waals surface area contributed by atoms with Crippen molar-refractivity contribution in [3.05, 3.63) is 42.2 Å². The summed E-state index contributed by atoms with van der Waals surface area (Å²) >= 11 is 0. The van der Waals surface area contributed by atoms with Gasteiger partial charge in [-0.15, -0.1) is 0 Å². The molecule has 1 aromatic carbocycles. The molecular formula is C15H11N3O2. The van der Waals surface area contributed by atoms with E-state index < -0.39 is 0 Å². The van der Waals surface area contributed by atoms with Crippen LogP contribution in [0.4, 0.5) is 5.69 Å². The number of ether oxygens (including phenoxy) is 1. The topological polar surface area (TPSA) is 75.0 Å². The van der Waals surface area contributed by atoms with Crippen LogP contribution in [0.3, 0.4) is 0 Å². The van der Waals surface area contributed by atoms with Crippen LogP contribution in [0, 0.1) is 11.3 Å². The van der Waals surface area contributed by atoms with Gasteiger partial charge in [0.25, 0.3) is 0 Å². The minimum atomic E-state index is -0.326. The molecule has 0 atom stereocenters. The molecule has 1 amide bonds. The van der Waals surface area contributed by atoms with E-state index in [9.17, 15) is 4.79 Å². The van der Waals surface area contributed by atoms with Crippen LogP contribution in [0.15, 0.2) is 36.7 Å². The molecule has 1 N–H and O–H groups in total. The SMILES string of the molecule is N#CCC(=O)Nc1ccc2c(c1)OCc1cnccc1-2. The van der Waals surface area contributed by atoms with Crippen LogP contribution in [-0.4, -0.2) is 10.9 Å². The fraction of sp³-hybridized carbons (Fsp3) is 0.133. The number of carbonyl (C=O) groups excluding carboxylic acids is 1. The largest absolute Gasteiger partial charge is 0.488 e. The van der Waals surface area contributed by atoms with E-state index >= 15 is 0 Å². The Kier molecular flexibility index (Phi) is 3.05. The standard InChI is InChI=1S/C15H11N3O2/c16-5-3-15(19)18-11-1-2-13-12-4-6-17-8-10(12)9-20-14(13)7-11/h1-2,4,6-8H,3,9H2,(H,18,19). The van der Waals surface area contributed by atoms with Crippen molar-refractivity contribution < 1.29 is 9.53 Å². The number of anilines is 1. The first-order valence-corrected chi connectivity index (χ1v) is 6.15. The molecule has 3 rings (SSSR count). The van der Waals surface area contributed by atoms with Crippen molar-refractivity contribution in [1.82, 2.24) is 4.98 Å². The highest BCUT2D eigenvalue weighted by Crippen LogP contribution is 2.38. The minimum Gasteiger partial charge on any atom is -0.488 e. The molecule has 2 aromatic rings. The number of benzene rings is 1. The lowest BCUT2D eigenvalue weighted by molar-refractivity contribution is -0.115. The number of aromatic nitrogens is 1. The van der Waals surface area contributed by atoms with E-state index in [1.165, 1.54) is 0 Å². The highest BCUT2D eigenvalue weighted by Gasteiger charge is 2.17. The second-order valence-electron chi connectivity index (χ2n) is 4.42. The van der Waals surface area contributed by atoms with Gasteiger partial charge in [-0.05, 0) is 23.8 Å². The molecule has 1 aliphatic rings. The van der Waals surface area contributed by atoms with Gasteiger partial charge in [0.15, 0.2) is 0 Å². The molecule has 0 fully saturated rings. The summed E-state index contributed by atoms with van der Waals surface area (Å²) in [5.74, 6) is 0.395. The Bertz CT molecular complexity index is 719. The molecule has 0 radical (unpaired) electrons. The van der Waals surface area contributed by atoms with Crippen molar-refractivity contribution in [2.24, 2.45) is 0 Å². The van der Waals surface area contributed by atoms with Crippen molar-refractivity contribution in [2.45, 2.75) is 13.0 Å². The molecule has 0 bridgehead atoms. The number of fused-ring (bicyclic) bond motifs is 3. The maximum absolute atomic E-state index is 11.4. The maximum Gasteiger partial charge on any atom is 0.238 e.